The van der Waals surface area contributed by atoms with E-state index in [2.05, 4.69) is 10.5 Å². The second-order valence-electron chi connectivity index (χ2n) is 2.17. The molecule has 0 unspecified atom stereocenters. The lowest BCUT2D eigenvalue weighted by Gasteiger charge is -2.00. The highest BCUT2D eigenvalue weighted by atomic mass is 35.5. The Kier molecular flexibility index (Phi) is 5.04. The highest BCUT2D eigenvalue weighted by molar-refractivity contribution is 5.85. The van der Waals surface area contributed by atoms with Crippen molar-refractivity contribution >= 4 is 23.8 Å². The summed E-state index contributed by atoms with van der Waals surface area (Å²) < 4.78 is 0. The van der Waals surface area contributed by atoms with Crippen LogP contribution in [-0.2, 0) is 0 Å². The predicted octanol–water partition coefficient (Wildman–Crippen LogP) is 2.94. The Hall–Kier alpha value is -1.09. The highest BCUT2D eigenvalue weighted by Crippen LogP contribution is 2.14. The summed E-state index contributed by atoms with van der Waals surface area (Å²) in [5.74, 6) is 0. The number of halogens is 1. The van der Waals surface area contributed by atoms with Gasteiger partial charge in [-0.15, -0.1) is 17.3 Å². The summed E-state index contributed by atoms with van der Waals surface area (Å²) in [5.41, 5.74) is 1.48. The maximum absolute atomic E-state index is 10.0. The molecule has 1 aromatic rings. The van der Waals surface area contributed by atoms with E-state index < -0.39 is 0 Å². The van der Waals surface area contributed by atoms with Gasteiger partial charge in [-0.05, 0) is 36.4 Å². The molecule has 0 saturated heterocycles. The van der Waals surface area contributed by atoms with Gasteiger partial charge in [0.1, 0.15) is 5.69 Å². The molecule has 0 atom stereocenters. The molecule has 1 N–H and O–H groups in total. The van der Waals surface area contributed by atoms with Gasteiger partial charge in [-0.25, -0.2) is 0 Å². The predicted molar refractivity (Wildman–Crippen MR) is 53.3 cm³/mol. The van der Waals surface area contributed by atoms with E-state index in [-0.39, 0.29) is 12.4 Å². The molecule has 0 bridgehead atoms. The average molecular weight is 187 g/mol. The number of rotatable bonds is 3. The SMILES string of the molecule is CCNc1ccc(N=O)cc1.Cl. The van der Waals surface area contributed by atoms with Crippen LogP contribution in [0, 0.1) is 4.91 Å². The zero-order valence-electron chi connectivity index (χ0n) is 6.78. The maximum Gasteiger partial charge on any atom is 0.108 e. The topological polar surface area (TPSA) is 41.5 Å². The number of nitrogens with one attached hydrogen (secondary N) is 1. The average Bonchev–Trinajstić information content (AvgIpc) is 2.07. The first-order chi connectivity index (χ1) is 5.36. The van der Waals surface area contributed by atoms with Crippen molar-refractivity contribution in [3.8, 4) is 0 Å². The summed E-state index contributed by atoms with van der Waals surface area (Å²) >= 11 is 0. The van der Waals surface area contributed by atoms with Crippen molar-refractivity contribution in [3.05, 3.63) is 29.2 Å². The van der Waals surface area contributed by atoms with E-state index in [0.29, 0.717) is 5.69 Å². The van der Waals surface area contributed by atoms with E-state index >= 15 is 0 Å². The number of nitrogens with zero attached hydrogens (tertiary/aromatic N) is 1. The third-order valence-electron chi connectivity index (χ3n) is 1.35. The van der Waals surface area contributed by atoms with E-state index in [9.17, 15) is 4.91 Å². The zero-order valence-corrected chi connectivity index (χ0v) is 7.60. The highest BCUT2D eigenvalue weighted by Gasteiger charge is 1.90. The molecule has 0 aliphatic heterocycles. The summed E-state index contributed by atoms with van der Waals surface area (Å²) in [4.78, 5) is 10.0. The molecule has 12 heavy (non-hydrogen) atoms. The molecular weight excluding hydrogens is 176 g/mol. The van der Waals surface area contributed by atoms with Crippen LogP contribution >= 0.6 is 12.4 Å². The fourth-order valence-electron chi connectivity index (χ4n) is 0.844. The van der Waals surface area contributed by atoms with Crippen LogP contribution in [0.1, 0.15) is 6.92 Å². The van der Waals surface area contributed by atoms with Crippen LogP contribution < -0.4 is 5.32 Å². The van der Waals surface area contributed by atoms with Crippen molar-refractivity contribution < 1.29 is 0 Å². The smallest absolute Gasteiger partial charge is 0.108 e. The summed E-state index contributed by atoms with van der Waals surface area (Å²) in [6, 6.07) is 7.04. The molecule has 1 aromatic carbocycles. The standard InChI is InChI=1S/C8H10N2O.ClH/c1-2-9-7-3-5-8(10-11)6-4-7;/h3-6,9H,2H2,1H3;1H. The van der Waals surface area contributed by atoms with E-state index in [1.54, 1.807) is 12.1 Å². The molecule has 0 fully saturated rings. The summed E-state index contributed by atoms with van der Waals surface area (Å²) in [5, 5.41) is 5.91. The van der Waals surface area contributed by atoms with Crippen LogP contribution in [0.15, 0.2) is 29.4 Å². The van der Waals surface area contributed by atoms with Crippen LogP contribution in [0.25, 0.3) is 0 Å². The van der Waals surface area contributed by atoms with Crippen molar-refractivity contribution in [2.75, 3.05) is 11.9 Å². The second kappa shape index (κ2) is 5.55. The lowest BCUT2D eigenvalue weighted by molar-refractivity contribution is 1.21. The van der Waals surface area contributed by atoms with Crippen LogP contribution in [0.5, 0.6) is 0 Å². The van der Waals surface area contributed by atoms with E-state index in [0.717, 1.165) is 12.2 Å². The molecule has 0 radical (unpaired) electrons. The van der Waals surface area contributed by atoms with Crippen LogP contribution in [0.4, 0.5) is 11.4 Å². The van der Waals surface area contributed by atoms with E-state index in [1.165, 1.54) is 0 Å². The van der Waals surface area contributed by atoms with Crippen LogP contribution in [-0.4, -0.2) is 6.54 Å². The Bertz CT molecular complexity index is 235. The van der Waals surface area contributed by atoms with Crippen LogP contribution in [0.3, 0.4) is 0 Å². The van der Waals surface area contributed by atoms with Gasteiger partial charge >= 0.3 is 0 Å². The molecule has 0 amide bonds. The fraction of sp³-hybridized carbons (Fsp3) is 0.250. The minimum absolute atomic E-state index is 0. The normalized spacial score (nSPS) is 8.42. The summed E-state index contributed by atoms with van der Waals surface area (Å²) in [6.45, 7) is 2.90. The van der Waals surface area contributed by atoms with Gasteiger partial charge in [-0.2, -0.15) is 0 Å². The maximum atomic E-state index is 10.0. The number of anilines is 1. The van der Waals surface area contributed by atoms with Gasteiger partial charge in [-0.1, -0.05) is 0 Å². The van der Waals surface area contributed by atoms with Gasteiger partial charge in [0, 0.05) is 12.2 Å². The van der Waals surface area contributed by atoms with E-state index in [4.69, 9.17) is 0 Å². The van der Waals surface area contributed by atoms with Crippen molar-refractivity contribution in [1.29, 1.82) is 0 Å². The summed E-state index contributed by atoms with van der Waals surface area (Å²) in [7, 11) is 0. The Labute approximate surface area is 77.6 Å². The van der Waals surface area contributed by atoms with Gasteiger partial charge in [0.05, 0.1) is 0 Å². The van der Waals surface area contributed by atoms with Gasteiger partial charge in [0.15, 0.2) is 0 Å². The molecule has 0 heterocycles. The quantitative estimate of drug-likeness (QED) is 0.738. The van der Waals surface area contributed by atoms with Gasteiger partial charge in [0.2, 0.25) is 0 Å². The lowest BCUT2D eigenvalue weighted by Crippen LogP contribution is -1.94. The second-order valence-corrected chi connectivity index (χ2v) is 2.17. The van der Waals surface area contributed by atoms with Gasteiger partial charge < -0.3 is 5.32 Å². The molecule has 0 aromatic heterocycles. The molecule has 4 heteroatoms. The molecule has 0 saturated carbocycles. The Morgan fingerprint density at radius 3 is 2.33 bits per heavy atom. The number of benzene rings is 1. The molecule has 0 spiro atoms. The first kappa shape index (κ1) is 10.9. The van der Waals surface area contributed by atoms with Crippen molar-refractivity contribution in [2.24, 2.45) is 5.18 Å². The first-order valence-corrected chi connectivity index (χ1v) is 3.54. The molecule has 1 rings (SSSR count). The first-order valence-electron chi connectivity index (χ1n) is 3.54. The lowest BCUT2D eigenvalue weighted by atomic mass is 10.3. The molecule has 0 aliphatic carbocycles. The van der Waals surface area contributed by atoms with Crippen molar-refractivity contribution in [1.82, 2.24) is 0 Å². The minimum Gasteiger partial charge on any atom is -0.385 e. The Balaban J connectivity index is 0.00000121. The van der Waals surface area contributed by atoms with Gasteiger partial charge in [-0.3, -0.25) is 0 Å². The minimum atomic E-state index is 0. The number of nitroso groups, excluding NO2 is 1. The molecular formula is C8H11ClN2O. The molecule has 66 valence electrons. The summed E-state index contributed by atoms with van der Waals surface area (Å²) in [6.07, 6.45) is 0. The zero-order chi connectivity index (χ0) is 8.10. The molecule has 0 aliphatic rings. The van der Waals surface area contributed by atoms with Crippen molar-refractivity contribution in [2.45, 2.75) is 6.92 Å². The third-order valence-corrected chi connectivity index (χ3v) is 1.35. The van der Waals surface area contributed by atoms with Crippen LogP contribution in [0.2, 0.25) is 0 Å². The Morgan fingerprint density at radius 2 is 1.92 bits per heavy atom. The van der Waals surface area contributed by atoms with Crippen molar-refractivity contribution in [3.63, 3.8) is 0 Å². The fourth-order valence-corrected chi connectivity index (χ4v) is 0.844. The third kappa shape index (κ3) is 2.88. The number of hydrogen-bond acceptors (Lipinski definition) is 3. The Morgan fingerprint density at radius 1 is 1.33 bits per heavy atom. The largest absolute Gasteiger partial charge is 0.385 e. The molecule has 3 nitrogen and oxygen atoms in total. The van der Waals surface area contributed by atoms with E-state index in [1.807, 2.05) is 19.1 Å². The number of hydrogen-bond donors (Lipinski definition) is 1. The van der Waals surface area contributed by atoms with Gasteiger partial charge in [0.25, 0.3) is 0 Å². The monoisotopic (exact) mass is 186 g/mol.